The van der Waals surface area contributed by atoms with Gasteiger partial charge in [0.05, 0.1) is 3.70 Å². The number of hydrogen-bond donors (Lipinski definition) is 0. The Bertz CT molecular complexity index is 455. The first-order valence-electron chi connectivity index (χ1n) is 5.42. The van der Waals surface area contributed by atoms with Gasteiger partial charge in [-0.05, 0) is 59.6 Å². The maximum absolute atomic E-state index is 4.50. The molecule has 1 nitrogen and oxygen atoms in total. The molecule has 0 spiro atoms. The fourth-order valence-electron chi connectivity index (χ4n) is 1.80. The van der Waals surface area contributed by atoms with Crippen LogP contribution in [0.4, 0.5) is 0 Å². The van der Waals surface area contributed by atoms with Crippen LogP contribution in [0.1, 0.15) is 25.3 Å². The van der Waals surface area contributed by atoms with Crippen molar-refractivity contribution >= 4 is 33.9 Å². The molecular weight excluding hydrogens is 309 g/mol. The molecule has 1 aliphatic heterocycles. The zero-order chi connectivity index (χ0) is 11.4. The first-order chi connectivity index (χ1) is 7.75. The molecule has 0 amide bonds. The van der Waals surface area contributed by atoms with Crippen molar-refractivity contribution in [2.24, 2.45) is 4.99 Å². The third kappa shape index (κ3) is 3.04. The van der Waals surface area contributed by atoms with E-state index in [2.05, 4.69) is 77.0 Å². The van der Waals surface area contributed by atoms with Crippen molar-refractivity contribution in [3.63, 3.8) is 0 Å². The zero-order valence-electron chi connectivity index (χ0n) is 9.28. The highest BCUT2D eigenvalue weighted by Crippen LogP contribution is 2.23. The maximum atomic E-state index is 4.50. The normalized spacial score (nSPS) is 20.0. The lowest BCUT2D eigenvalue weighted by Crippen LogP contribution is -1.93. The second kappa shape index (κ2) is 5.43. The summed E-state index contributed by atoms with van der Waals surface area (Å²) in [6.45, 7) is 2.06. The van der Waals surface area contributed by atoms with Crippen LogP contribution in [0.5, 0.6) is 0 Å². The molecule has 1 aromatic rings. The second-order valence-electron chi connectivity index (χ2n) is 3.85. The molecule has 0 aliphatic carbocycles. The van der Waals surface area contributed by atoms with Crippen LogP contribution in [-0.4, -0.2) is 5.71 Å². The summed E-state index contributed by atoms with van der Waals surface area (Å²) in [7, 11) is 0. The van der Waals surface area contributed by atoms with Crippen molar-refractivity contribution in [3.8, 4) is 0 Å². The van der Waals surface area contributed by atoms with Gasteiger partial charge in [0.15, 0.2) is 0 Å². The minimum atomic E-state index is 1.07. The van der Waals surface area contributed by atoms with E-state index >= 15 is 0 Å². The van der Waals surface area contributed by atoms with Crippen molar-refractivity contribution in [1.82, 2.24) is 0 Å². The molecule has 0 atom stereocenters. The van der Waals surface area contributed by atoms with E-state index in [9.17, 15) is 0 Å². The molecular formula is C14H14IN. The SMILES string of the molecule is CC1=N/C(I)=C\CCC(c2ccccc2)=C1. The summed E-state index contributed by atoms with van der Waals surface area (Å²) in [6.07, 6.45) is 6.54. The predicted octanol–water partition coefficient (Wildman–Crippen LogP) is 4.60. The van der Waals surface area contributed by atoms with Crippen LogP contribution in [0.2, 0.25) is 0 Å². The highest BCUT2D eigenvalue weighted by molar-refractivity contribution is 14.1. The number of halogens is 1. The van der Waals surface area contributed by atoms with Crippen molar-refractivity contribution in [2.75, 3.05) is 0 Å². The van der Waals surface area contributed by atoms with Gasteiger partial charge in [-0.2, -0.15) is 0 Å². The molecule has 2 heteroatoms. The molecule has 0 radical (unpaired) electrons. The minimum absolute atomic E-state index is 1.07. The molecule has 0 fully saturated rings. The van der Waals surface area contributed by atoms with Crippen molar-refractivity contribution in [2.45, 2.75) is 19.8 Å². The Hall–Kier alpha value is -0.900. The third-order valence-corrected chi connectivity index (χ3v) is 3.22. The monoisotopic (exact) mass is 323 g/mol. The van der Waals surface area contributed by atoms with Gasteiger partial charge in [0.1, 0.15) is 0 Å². The van der Waals surface area contributed by atoms with Gasteiger partial charge in [0, 0.05) is 5.71 Å². The molecule has 1 aromatic carbocycles. The Labute approximate surface area is 110 Å². The van der Waals surface area contributed by atoms with E-state index < -0.39 is 0 Å². The van der Waals surface area contributed by atoms with Gasteiger partial charge in [-0.3, -0.25) is 0 Å². The molecule has 0 N–H and O–H groups in total. The summed E-state index contributed by atoms with van der Waals surface area (Å²) in [5.41, 5.74) is 3.77. The number of benzene rings is 1. The van der Waals surface area contributed by atoms with Crippen molar-refractivity contribution < 1.29 is 0 Å². The number of nitrogens with zero attached hydrogens (tertiary/aromatic N) is 1. The smallest absolute Gasteiger partial charge is 0.0972 e. The van der Waals surface area contributed by atoms with Crippen molar-refractivity contribution in [3.05, 3.63) is 51.8 Å². The molecule has 0 saturated heterocycles. The molecule has 0 aromatic heterocycles. The lowest BCUT2D eigenvalue weighted by atomic mass is 9.99. The van der Waals surface area contributed by atoms with Gasteiger partial charge in [0.25, 0.3) is 0 Å². The molecule has 0 saturated carbocycles. The van der Waals surface area contributed by atoms with Crippen LogP contribution in [0.25, 0.3) is 5.57 Å². The first kappa shape index (κ1) is 11.6. The summed E-state index contributed by atoms with van der Waals surface area (Å²) in [5, 5.41) is 0. The molecule has 2 rings (SSSR count). The fraction of sp³-hybridized carbons (Fsp3) is 0.214. The molecule has 1 heterocycles. The molecule has 82 valence electrons. The molecule has 1 aliphatic rings. The van der Waals surface area contributed by atoms with E-state index in [-0.39, 0.29) is 0 Å². The summed E-state index contributed by atoms with van der Waals surface area (Å²) in [5.74, 6) is 0. The summed E-state index contributed by atoms with van der Waals surface area (Å²) in [6, 6.07) is 10.5. The number of rotatable bonds is 1. The van der Waals surface area contributed by atoms with Gasteiger partial charge in [-0.25, -0.2) is 4.99 Å². The number of aliphatic imine (C=N–C) groups is 1. The van der Waals surface area contributed by atoms with Gasteiger partial charge in [-0.1, -0.05) is 36.4 Å². The predicted molar refractivity (Wildman–Crippen MR) is 78.9 cm³/mol. The summed E-state index contributed by atoms with van der Waals surface area (Å²) < 4.78 is 1.10. The Balaban J connectivity index is 2.34. The Morgan fingerprint density at radius 1 is 1.19 bits per heavy atom. The highest BCUT2D eigenvalue weighted by atomic mass is 127. The van der Waals surface area contributed by atoms with Crippen LogP contribution in [0.15, 0.2) is 51.2 Å². The van der Waals surface area contributed by atoms with Crippen LogP contribution in [0, 0.1) is 0 Å². The van der Waals surface area contributed by atoms with E-state index in [1.54, 1.807) is 0 Å². The topological polar surface area (TPSA) is 12.4 Å². The number of hydrogen-bond acceptors (Lipinski definition) is 1. The summed E-state index contributed by atoms with van der Waals surface area (Å²) >= 11 is 2.28. The lowest BCUT2D eigenvalue weighted by molar-refractivity contribution is 1.06. The van der Waals surface area contributed by atoms with Gasteiger partial charge < -0.3 is 0 Å². The molecule has 0 bridgehead atoms. The van der Waals surface area contributed by atoms with E-state index in [1.807, 2.05) is 0 Å². The van der Waals surface area contributed by atoms with Crippen molar-refractivity contribution in [1.29, 1.82) is 0 Å². The minimum Gasteiger partial charge on any atom is -0.248 e. The van der Waals surface area contributed by atoms with Crippen LogP contribution in [0.3, 0.4) is 0 Å². The van der Waals surface area contributed by atoms with Crippen LogP contribution < -0.4 is 0 Å². The Kier molecular flexibility index (Phi) is 3.93. The van der Waals surface area contributed by atoms with E-state index in [1.165, 1.54) is 11.1 Å². The Morgan fingerprint density at radius 3 is 2.69 bits per heavy atom. The molecule has 0 unspecified atom stereocenters. The molecule has 16 heavy (non-hydrogen) atoms. The van der Waals surface area contributed by atoms with Gasteiger partial charge in [0.2, 0.25) is 0 Å². The largest absolute Gasteiger partial charge is 0.248 e. The average Bonchev–Trinajstić information content (AvgIpc) is 2.26. The van der Waals surface area contributed by atoms with E-state index in [0.29, 0.717) is 0 Å². The lowest BCUT2D eigenvalue weighted by Gasteiger charge is -2.09. The summed E-state index contributed by atoms with van der Waals surface area (Å²) in [4.78, 5) is 4.50. The quantitative estimate of drug-likeness (QED) is 0.529. The van der Waals surface area contributed by atoms with E-state index in [4.69, 9.17) is 0 Å². The maximum Gasteiger partial charge on any atom is 0.0972 e. The zero-order valence-corrected chi connectivity index (χ0v) is 11.4. The standard InChI is InChI=1S/C14H14IN/c1-11-10-13(8-5-9-14(15)16-11)12-6-3-2-4-7-12/h2-4,6-7,9-10H,5,8H2,1H3/b13-10?,14-9-,16-11?. The fourth-order valence-corrected chi connectivity index (χ4v) is 2.49. The van der Waals surface area contributed by atoms with E-state index in [0.717, 1.165) is 22.3 Å². The van der Waals surface area contributed by atoms with Gasteiger partial charge in [-0.15, -0.1) is 0 Å². The highest BCUT2D eigenvalue weighted by Gasteiger charge is 2.04. The third-order valence-electron chi connectivity index (χ3n) is 2.54. The number of allylic oxidation sites excluding steroid dienone is 3. The Morgan fingerprint density at radius 2 is 1.94 bits per heavy atom. The first-order valence-corrected chi connectivity index (χ1v) is 6.50. The average molecular weight is 323 g/mol. The van der Waals surface area contributed by atoms with Crippen LogP contribution >= 0.6 is 22.6 Å². The second-order valence-corrected chi connectivity index (χ2v) is 4.96. The van der Waals surface area contributed by atoms with Crippen LogP contribution in [-0.2, 0) is 0 Å². The van der Waals surface area contributed by atoms with Gasteiger partial charge >= 0.3 is 0 Å².